The van der Waals surface area contributed by atoms with Crippen LogP contribution in [0.3, 0.4) is 0 Å². The molecule has 3 N–H and O–H groups in total. The highest BCUT2D eigenvalue weighted by atomic mass is 16.5. The lowest BCUT2D eigenvalue weighted by molar-refractivity contribution is 0.416. The van der Waals surface area contributed by atoms with Crippen LogP contribution in [-0.2, 0) is 6.54 Å². The summed E-state index contributed by atoms with van der Waals surface area (Å²) in [7, 11) is 1.56. The molecule has 0 aliphatic rings. The predicted molar refractivity (Wildman–Crippen MR) is 78.0 cm³/mol. The Labute approximate surface area is 117 Å². The molecule has 0 saturated heterocycles. The van der Waals surface area contributed by atoms with Gasteiger partial charge in [-0.25, -0.2) is 4.68 Å². The lowest BCUT2D eigenvalue weighted by atomic mass is 10.2. The fourth-order valence-corrected chi connectivity index (χ4v) is 1.95. The quantitative estimate of drug-likeness (QED) is 0.891. The highest BCUT2D eigenvalue weighted by Crippen LogP contribution is 2.32. The Morgan fingerprint density at radius 1 is 1.50 bits per heavy atom. The molecule has 0 saturated carbocycles. The zero-order valence-electron chi connectivity index (χ0n) is 11.8. The minimum Gasteiger partial charge on any atom is -0.495 e. The average Bonchev–Trinajstić information content (AvgIpc) is 2.75. The number of nitrogen functional groups attached to an aromatic ring is 1. The fourth-order valence-electron chi connectivity index (χ4n) is 1.95. The van der Waals surface area contributed by atoms with Crippen LogP contribution in [0.2, 0.25) is 0 Å². The van der Waals surface area contributed by atoms with Crippen LogP contribution in [-0.4, -0.2) is 16.9 Å². The Bertz CT molecular complexity index is 669. The van der Waals surface area contributed by atoms with Crippen LogP contribution in [0.25, 0.3) is 0 Å². The van der Waals surface area contributed by atoms with E-state index < -0.39 is 0 Å². The molecule has 0 amide bonds. The van der Waals surface area contributed by atoms with E-state index >= 15 is 0 Å². The summed E-state index contributed by atoms with van der Waals surface area (Å²) in [6, 6.07) is 7.27. The van der Waals surface area contributed by atoms with Crippen molar-refractivity contribution >= 4 is 17.2 Å². The first-order valence-corrected chi connectivity index (χ1v) is 6.28. The maximum absolute atomic E-state index is 8.91. The van der Waals surface area contributed by atoms with E-state index in [9.17, 15) is 0 Å². The molecule has 0 unspecified atom stereocenters. The standard InChI is InChI=1S/C14H17N5O/c1-4-19-14(13(16)9(2)18-19)17-11-6-5-10(8-15)7-12(11)20-3/h5-7,17H,4,16H2,1-3H3. The highest BCUT2D eigenvalue weighted by Gasteiger charge is 2.13. The van der Waals surface area contributed by atoms with E-state index in [0.717, 1.165) is 17.2 Å². The molecule has 1 heterocycles. The van der Waals surface area contributed by atoms with E-state index in [4.69, 9.17) is 15.7 Å². The van der Waals surface area contributed by atoms with Crippen molar-refractivity contribution in [2.24, 2.45) is 0 Å². The highest BCUT2D eigenvalue weighted by molar-refractivity contribution is 5.74. The first-order valence-electron chi connectivity index (χ1n) is 6.28. The Morgan fingerprint density at radius 3 is 2.85 bits per heavy atom. The maximum atomic E-state index is 8.91. The van der Waals surface area contributed by atoms with Crippen molar-refractivity contribution in [2.45, 2.75) is 20.4 Å². The smallest absolute Gasteiger partial charge is 0.152 e. The molecular formula is C14H17N5O. The largest absolute Gasteiger partial charge is 0.495 e. The number of rotatable bonds is 4. The molecule has 0 radical (unpaired) electrons. The average molecular weight is 271 g/mol. The molecule has 104 valence electrons. The van der Waals surface area contributed by atoms with Gasteiger partial charge in [0.25, 0.3) is 0 Å². The lowest BCUT2D eigenvalue weighted by Gasteiger charge is -2.13. The van der Waals surface area contributed by atoms with Gasteiger partial charge in [0, 0.05) is 12.6 Å². The summed E-state index contributed by atoms with van der Waals surface area (Å²) in [5.74, 6) is 1.32. The molecule has 1 aromatic heterocycles. The first kappa shape index (κ1) is 13.7. The number of nitriles is 1. The van der Waals surface area contributed by atoms with Crippen LogP contribution < -0.4 is 15.8 Å². The normalized spacial score (nSPS) is 10.1. The van der Waals surface area contributed by atoms with Gasteiger partial charge >= 0.3 is 0 Å². The van der Waals surface area contributed by atoms with Crippen molar-refractivity contribution in [3.63, 3.8) is 0 Å². The number of aromatic nitrogens is 2. The number of nitrogens with two attached hydrogens (primary N) is 1. The number of nitrogens with one attached hydrogen (secondary N) is 1. The van der Waals surface area contributed by atoms with Crippen LogP contribution >= 0.6 is 0 Å². The predicted octanol–water partition coefficient (Wildman–Crippen LogP) is 2.42. The van der Waals surface area contributed by atoms with Crippen LogP contribution in [0.15, 0.2) is 18.2 Å². The second kappa shape index (κ2) is 5.53. The molecule has 0 bridgehead atoms. The summed E-state index contributed by atoms with van der Waals surface area (Å²) in [6.45, 7) is 4.56. The molecule has 0 aliphatic carbocycles. The lowest BCUT2D eigenvalue weighted by Crippen LogP contribution is -2.05. The molecule has 2 rings (SSSR count). The molecule has 0 atom stereocenters. The summed E-state index contributed by atoms with van der Waals surface area (Å²) in [5.41, 5.74) is 8.71. The number of methoxy groups -OCH3 is 1. The number of anilines is 3. The van der Waals surface area contributed by atoms with E-state index in [1.807, 2.05) is 13.8 Å². The molecule has 0 aliphatic heterocycles. The Balaban J connectivity index is 2.42. The van der Waals surface area contributed by atoms with Crippen molar-refractivity contribution in [3.8, 4) is 11.8 Å². The summed E-state index contributed by atoms with van der Waals surface area (Å²) >= 11 is 0. The fraction of sp³-hybridized carbons (Fsp3) is 0.286. The van der Waals surface area contributed by atoms with E-state index in [1.165, 1.54) is 0 Å². The van der Waals surface area contributed by atoms with E-state index in [-0.39, 0.29) is 0 Å². The third kappa shape index (κ3) is 2.38. The Hall–Kier alpha value is -2.68. The van der Waals surface area contributed by atoms with Crippen molar-refractivity contribution in [1.29, 1.82) is 5.26 Å². The van der Waals surface area contributed by atoms with E-state index in [1.54, 1.807) is 30.0 Å². The van der Waals surface area contributed by atoms with Gasteiger partial charge in [-0.2, -0.15) is 10.4 Å². The van der Waals surface area contributed by atoms with Gasteiger partial charge in [-0.1, -0.05) is 0 Å². The molecule has 6 nitrogen and oxygen atoms in total. The van der Waals surface area contributed by atoms with Crippen molar-refractivity contribution in [3.05, 3.63) is 29.5 Å². The summed E-state index contributed by atoms with van der Waals surface area (Å²) in [5, 5.41) is 16.5. The maximum Gasteiger partial charge on any atom is 0.152 e. The Kier molecular flexibility index (Phi) is 3.80. The monoisotopic (exact) mass is 271 g/mol. The first-order chi connectivity index (χ1) is 9.60. The van der Waals surface area contributed by atoms with Crippen molar-refractivity contribution in [1.82, 2.24) is 9.78 Å². The van der Waals surface area contributed by atoms with Gasteiger partial charge in [0.15, 0.2) is 5.82 Å². The van der Waals surface area contributed by atoms with Gasteiger partial charge in [0.1, 0.15) is 5.75 Å². The molecule has 2 aromatic rings. The van der Waals surface area contributed by atoms with Crippen molar-refractivity contribution in [2.75, 3.05) is 18.2 Å². The van der Waals surface area contributed by atoms with Gasteiger partial charge in [0.2, 0.25) is 0 Å². The topological polar surface area (TPSA) is 88.9 Å². The number of ether oxygens (including phenoxy) is 1. The van der Waals surface area contributed by atoms with Gasteiger partial charge in [-0.05, 0) is 26.0 Å². The third-order valence-electron chi connectivity index (χ3n) is 3.06. The molecule has 1 aromatic carbocycles. The summed E-state index contributed by atoms with van der Waals surface area (Å²) in [4.78, 5) is 0. The van der Waals surface area contributed by atoms with Crippen LogP contribution in [0, 0.1) is 18.3 Å². The van der Waals surface area contributed by atoms with E-state index in [0.29, 0.717) is 23.5 Å². The summed E-state index contributed by atoms with van der Waals surface area (Å²) < 4.78 is 7.09. The summed E-state index contributed by atoms with van der Waals surface area (Å²) in [6.07, 6.45) is 0. The zero-order valence-corrected chi connectivity index (χ0v) is 11.8. The minimum atomic E-state index is 0.542. The second-order valence-corrected chi connectivity index (χ2v) is 4.32. The number of aryl methyl sites for hydroxylation is 2. The van der Waals surface area contributed by atoms with Gasteiger partial charge in [-0.3, -0.25) is 0 Å². The minimum absolute atomic E-state index is 0.542. The third-order valence-corrected chi connectivity index (χ3v) is 3.06. The number of hydrogen-bond donors (Lipinski definition) is 2. The van der Waals surface area contributed by atoms with Crippen LogP contribution in [0.4, 0.5) is 17.2 Å². The van der Waals surface area contributed by atoms with E-state index in [2.05, 4.69) is 16.5 Å². The molecule has 0 fully saturated rings. The molecule has 0 spiro atoms. The SMILES string of the molecule is CCn1nc(C)c(N)c1Nc1ccc(C#N)cc1OC. The molecular weight excluding hydrogens is 254 g/mol. The zero-order chi connectivity index (χ0) is 14.7. The second-order valence-electron chi connectivity index (χ2n) is 4.32. The number of benzene rings is 1. The number of hydrogen-bond acceptors (Lipinski definition) is 5. The van der Waals surface area contributed by atoms with Gasteiger partial charge in [-0.15, -0.1) is 0 Å². The van der Waals surface area contributed by atoms with Gasteiger partial charge in [0.05, 0.1) is 35.8 Å². The number of nitrogens with zero attached hydrogens (tertiary/aromatic N) is 3. The molecule has 20 heavy (non-hydrogen) atoms. The Morgan fingerprint density at radius 2 is 2.25 bits per heavy atom. The van der Waals surface area contributed by atoms with Crippen molar-refractivity contribution < 1.29 is 4.74 Å². The molecule has 6 heteroatoms. The van der Waals surface area contributed by atoms with Crippen LogP contribution in [0.5, 0.6) is 5.75 Å². The van der Waals surface area contributed by atoms with Crippen LogP contribution in [0.1, 0.15) is 18.2 Å². The van der Waals surface area contributed by atoms with Gasteiger partial charge < -0.3 is 15.8 Å².